The molecular weight excluding hydrogens is 266 g/mol. The van der Waals surface area contributed by atoms with Crippen molar-refractivity contribution in [2.24, 2.45) is 10.4 Å². The summed E-state index contributed by atoms with van der Waals surface area (Å²) in [6, 6.07) is 4.19. The summed E-state index contributed by atoms with van der Waals surface area (Å²) in [4.78, 5) is 4.27. The van der Waals surface area contributed by atoms with Gasteiger partial charge in [0.2, 0.25) is 0 Å². The highest BCUT2D eigenvalue weighted by Gasteiger charge is 2.49. The average Bonchev–Trinajstić information content (AvgIpc) is 2.94. The van der Waals surface area contributed by atoms with Crippen molar-refractivity contribution >= 4 is 5.96 Å². The Balaban J connectivity index is 1.83. The first-order valence-electron chi connectivity index (χ1n) is 7.58. The Hall–Kier alpha value is -1.49. The van der Waals surface area contributed by atoms with Crippen molar-refractivity contribution in [2.75, 3.05) is 7.05 Å². The van der Waals surface area contributed by atoms with Crippen LogP contribution in [0.15, 0.2) is 27.8 Å². The lowest BCUT2D eigenvalue weighted by Gasteiger charge is -2.52. The molecule has 5 heteroatoms. The third kappa shape index (κ3) is 3.79. The standard InChI is InChI=1S/C16H27N3O2/c1-11(2)21-14-9-13(16(14,3)4)19-15(17-5)18-10-12-7-6-8-20-12/h6-8,11,13-14H,9-10H2,1-5H3,(H2,17,18,19). The summed E-state index contributed by atoms with van der Waals surface area (Å²) in [5, 5.41) is 6.74. The molecule has 1 aliphatic carbocycles. The molecule has 0 spiro atoms. The van der Waals surface area contributed by atoms with Crippen LogP contribution in [0.25, 0.3) is 0 Å². The topological polar surface area (TPSA) is 58.8 Å². The van der Waals surface area contributed by atoms with Crippen molar-refractivity contribution in [1.29, 1.82) is 0 Å². The maximum Gasteiger partial charge on any atom is 0.191 e. The number of nitrogens with one attached hydrogen (secondary N) is 2. The van der Waals surface area contributed by atoms with E-state index in [1.165, 1.54) is 0 Å². The molecule has 0 aromatic carbocycles. The summed E-state index contributed by atoms with van der Waals surface area (Å²) in [5.41, 5.74) is 0.104. The summed E-state index contributed by atoms with van der Waals surface area (Å²) in [5.74, 6) is 1.69. The molecule has 2 rings (SSSR count). The zero-order valence-corrected chi connectivity index (χ0v) is 13.6. The van der Waals surface area contributed by atoms with Crippen LogP contribution in [-0.4, -0.2) is 31.3 Å². The average molecular weight is 293 g/mol. The SMILES string of the molecule is CN=C(NCc1ccco1)NC1CC(OC(C)C)C1(C)C. The van der Waals surface area contributed by atoms with E-state index in [4.69, 9.17) is 9.15 Å². The van der Waals surface area contributed by atoms with Crippen LogP contribution in [0.5, 0.6) is 0 Å². The van der Waals surface area contributed by atoms with Crippen molar-refractivity contribution in [2.45, 2.75) is 58.9 Å². The number of guanidine groups is 1. The molecular formula is C16H27N3O2. The highest BCUT2D eigenvalue weighted by Crippen LogP contribution is 2.43. The largest absolute Gasteiger partial charge is 0.467 e. The van der Waals surface area contributed by atoms with Crippen LogP contribution in [0.2, 0.25) is 0 Å². The van der Waals surface area contributed by atoms with Crippen LogP contribution in [0.3, 0.4) is 0 Å². The maximum absolute atomic E-state index is 5.95. The molecule has 1 aromatic heterocycles. The fraction of sp³-hybridized carbons (Fsp3) is 0.688. The van der Waals surface area contributed by atoms with Gasteiger partial charge in [0.15, 0.2) is 5.96 Å². The molecule has 1 aromatic rings. The van der Waals surface area contributed by atoms with E-state index in [0.717, 1.165) is 18.1 Å². The van der Waals surface area contributed by atoms with Crippen molar-refractivity contribution in [3.8, 4) is 0 Å². The molecule has 1 aliphatic rings. The first-order valence-corrected chi connectivity index (χ1v) is 7.58. The Morgan fingerprint density at radius 1 is 1.52 bits per heavy atom. The Morgan fingerprint density at radius 2 is 2.29 bits per heavy atom. The first kappa shape index (κ1) is 15.9. The Labute approximate surface area is 127 Å². The molecule has 0 radical (unpaired) electrons. The van der Waals surface area contributed by atoms with Gasteiger partial charge in [-0.15, -0.1) is 0 Å². The lowest BCUT2D eigenvalue weighted by molar-refractivity contribution is -0.134. The summed E-state index contributed by atoms with van der Waals surface area (Å²) >= 11 is 0. The molecule has 1 fully saturated rings. The molecule has 0 amide bonds. The predicted octanol–water partition coefficient (Wildman–Crippen LogP) is 2.54. The van der Waals surface area contributed by atoms with E-state index in [1.807, 2.05) is 12.1 Å². The third-order valence-electron chi connectivity index (χ3n) is 4.16. The van der Waals surface area contributed by atoms with Gasteiger partial charge in [-0.2, -0.15) is 0 Å². The van der Waals surface area contributed by atoms with E-state index < -0.39 is 0 Å². The van der Waals surface area contributed by atoms with Gasteiger partial charge in [-0.1, -0.05) is 13.8 Å². The van der Waals surface area contributed by atoms with Crippen molar-refractivity contribution in [3.05, 3.63) is 24.2 Å². The second-order valence-electron chi connectivity index (χ2n) is 6.43. The molecule has 21 heavy (non-hydrogen) atoms. The maximum atomic E-state index is 5.95. The highest BCUT2D eigenvalue weighted by atomic mass is 16.5. The zero-order chi connectivity index (χ0) is 15.5. The Bertz CT molecular complexity index is 466. The van der Waals surface area contributed by atoms with Crippen LogP contribution < -0.4 is 10.6 Å². The minimum atomic E-state index is 0.104. The van der Waals surface area contributed by atoms with Crippen LogP contribution in [0.4, 0.5) is 0 Å². The molecule has 118 valence electrons. The van der Waals surface area contributed by atoms with E-state index in [-0.39, 0.29) is 11.5 Å². The summed E-state index contributed by atoms with van der Waals surface area (Å²) < 4.78 is 11.3. The zero-order valence-electron chi connectivity index (χ0n) is 13.6. The molecule has 1 heterocycles. The van der Waals surface area contributed by atoms with Crippen LogP contribution in [-0.2, 0) is 11.3 Å². The predicted molar refractivity (Wildman–Crippen MR) is 84.2 cm³/mol. The normalized spacial score (nSPS) is 24.8. The molecule has 1 saturated carbocycles. The number of furan rings is 1. The van der Waals surface area contributed by atoms with Gasteiger partial charge in [-0.05, 0) is 32.4 Å². The number of nitrogens with zero attached hydrogens (tertiary/aromatic N) is 1. The van der Waals surface area contributed by atoms with Gasteiger partial charge < -0.3 is 19.8 Å². The van der Waals surface area contributed by atoms with E-state index in [0.29, 0.717) is 18.7 Å². The smallest absolute Gasteiger partial charge is 0.191 e. The van der Waals surface area contributed by atoms with Gasteiger partial charge in [-0.25, -0.2) is 0 Å². The molecule has 2 unspecified atom stereocenters. The van der Waals surface area contributed by atoms with E-state index in [9.17, 15) is 0 Å². The molecule has 2 atom stereocenters. The van der Waals surface area contributed by atoms with Crippen LogP contribution >= 0.6 is 0 Å². The second kappa shape index (κ2) is 6.52. The fourth-order valence-corrected chi connectivity index (χ4v) is 2.63. The molecule has 0 bridgehead atoms. The van der Waals surface area contributed by atoms with Crippen LogP contribution in [0.1, 0.15) is 39.9 Å². The lowest BCUT2D eigenvalue weighted by atomic mass is 9.64. The number of aliphatic imine (C=N–C) groups is 1. The van der Waals surface area contributed by atoms with Gasteiger partial charge in [0, 0.05) is 18.5 Å². The quantitative estimate of drug-likeness (QED) is 0.647. The van der Waals surface area contributed by atoms with E-state index >= 15 is 0 Å². The summed E-state index contributed by atoms with van der Waals surface area (Å²) in [6.45, 7) is 9.27. The minimum Gasteiger partial charge on any atom is -0.467 e. The van der Waals surface area contributed by atoms with Gasteiger partial charge in [-0.3, -0.25) is 4.99 Å². The lowest BCUT2D eigenvalue weighted by Crippen LogP contribution is -2.63. The number of rotatable bonds is 5. The molecule has 2 N–H and O–H groups in total. The van der Waals surface area contributed by atoms with Gasteiger partial charge in [0.05, 0.1) is 25.0 Å². The van der Waals surface area contributed by atoms with Gasteiger partial charge in [0.25, 0.3) is 0 Å². The van der Waals surface area contributed by atoms with Crippen molar-refractivity contribution in [1.82, 2.24) is 10.6 Å². The summed E-state index contributed by atoms with van der Waals surface area (Å²) in [6.07, 6.45) is 3.26. The Morgan fingerprint density at radius 3 is 2.81 bits per heavy atom. The van der Waals surface area contributed by atoms with Crippen molar-refractivity contribution < 1.29 is 9.15 Å². The Kier molecular flexibility index (Phi) is 4.93. The van der Waals surface area contributed by atoms with E-state index in [2.05, 4.69) is 43.3 Å². The first-order chi connectivity index (χ1) is 9.93. The number of hydrogen-bond donors (Lipinski definition) is 2. The van der Waals surface area contributed by atoms with Crippen LogP contribution in [0, 0.1) is 5.41 Å². The van der Waals surface area contributed by atoms with Gasteiger partial charge in [0.1, 0.15) is 5.76 Å². The van der Waals surface area contributed by atoms with Crippen molar-refractivity contribution in [3.63, 3.8) is 0 Å². The molecule has 5 nitrogen and oxygen atoms in total. The minimum absolute atomic E-state index is 0.104. The number of ether oxygens (including phenoxy) is 1. The third-order valence-corrected chi connectivity index (χ3v) is 4.16. The monoisotopic (exact) mass is 293 g/mol. The summed E-state index contributed by atoms with van der Waals surface area (Å²) in [7, 11) is 1.78. The van der Waals surface area contributed by atoms with E-state index in [1.54, 1.807) is 13.3 Å². The van der Waals surface area contributed by atoms with Gasteiger partial charge >= 0.3 is 0 Å². The second-order valence-corrected chi connectivity index (χ2v) is 6.43. The molecule has 0 saturated heterocycles. The molecule has 0 aliphatic heterocycles. The highest BCUT2D eigenvalue weighted by molar-refractivity contribution is 5.80. The number of hydrogen-bond acceptors (Lipinski definition) is 3. The fourth-order valence-electron chi connectivity index (χ4n) is 2.63.